The molecule has 2 aromatic carbocycles. The van der Waals surface area contributed by atoms with Gasteiger partial charge in [-0.05, 0) is 49.6 Å². The molecule has 152 valence electrons. The van der Waals surface area contributed by atoms with Crippen molar-refractivity contribution < 1.29 is 19.4 Å². The molecule has 0 aliphatic carbocycles. The number of carbonyl (C=O) groups excluding carboxylic acids is 2. The van der Waals surface area contributed by atoms with Crippen molar-refractivity contribution in [3.8, 4) is 5.75 Å². The Labute approximate surface area is 171 Å². The zero-order valence-corrected chi connectivity index (χ0v) is 17.3. The van der Waals surface area contributed by atoms with E-state index in [4.69, 9.17) is 4.74 Å². The fourth-order valence-electron chi connectivity index (χ4n) is 3.57. The van der Waals surface area contributed by atoms with E-state index in [0.29, 0.717) is 18.0 Å². The number of aryl methyl sites for hydroxylation is 1. The fraction of sp³-hybridized carbons (Fsp3) is 0.333. The number of hydrogen-bond donors (Lipinski definition) is 1. The molecule has 0 fully saturated rings. The van der Waals surface area contributed by atoms with Crippen LogP contribution in [0, 0.1) is 12.8 Å². The Bertz CT molecular complexity index is 926. The number of hydrogen-bond acceptors (Lipinski definition) is 4. The van der Waals surface area contributed by atoms with Gasteiger partial charge in [0.15, 0.2) is 11.5 Å². The minimum Gasteiger partial charge on any atom is -0.503 e. The van der Waals surface area contributed by atoms with Crippen LogP contribution in [0.2, 0.25) is 0 Å². The van der Waals surface area contributed by atoms with Crippen molar-refractivity contribution in [2.24, 2.45) is 5.92 Å². The third kappa shape index (κ3) is 4.19. The summed E-state index contributed by atoms with van der Waals surface area (Å²) in [4.78, 5) is 27.5. The number of carbonyl (C=O) groups is 2. The van der Waals surface area contributed by atoms with Crippen LogP contribution in [0.5, 0.6) is 5.75 Å². The van der Waals surface area contributed by atoms with E-state index in [9.17, 15) is 14.7 Å². The van der Waals surface area contributed by atoms with Gasteiger partial charge in [0.25, 0.3) is 5.91 Å². The van der Waals surface area contributed by atoms with Crippen LogP contribution in [0.1, 0.15) is 44.4 Å². The van der Waals surface area contributed by atoms with Gasteiger partial charge in [-0.25, -0.2) is 0 Å². The molecule has 1 heterocycles. The number of Topliss-reactive ketones (excluding diaryl/α,β-unsaturated/α-hetero) is 1. The van der Waals surface area contributed by atoms with Gasteiger partial charge >= 0.3 is 0 Å². The summed E-state index contributed by atoms with van der Waals surface area (Å²) in [7, 11) is 0. The molecule has 0 radical (unpaired) electrons. The number of rotatable bonds is 7. The molecule has 1 unspecified atom stereocenters. The number of nitrogens with zero attached hydrogens (tertiary/aromatic N) is 1. The van der Waals surface area contributed by atoms with Crippen LogP contribution in [0.25, 0.3) is 0 Å². The molecule has 1 atom stereocenters. The molecular formula is C24H27NO4. The Balaban J connectivity index is 2.09. The van der Waals surface area contributed by atoms with E-state index in [2.05, 4.69) is 0 Å². The molecular weight excluding hydrogens is 366 g/mol. The first-order chi connectivity index (χ1) is 13.8. The summed E-state index contributed by atoms with van der Waals surface area (Å²) in [6.45, 7) is 8.31. The molecule has 1 aliphatic heterocycles. The first-order valence-electron chi connectivity index (χ1n) is 9.92. The average Bonchev–Trinajstić information content (AvgIpc) is 2.94. The number of amides is 1. The summed E-state index contributed by atoms with van der Waals surface area (Å²) in [5.74, 6) is -0.396. The van der Waals surface area contributed by atoms with Crippen molar-refractivity contribution in [2.45, 2.75) is 40.2 Å². The molecule has 1 amide bonds. The van der Waals surface area contributed by atoms with Crippen molar-refractivity contribution >= 4 is 17.4 Å². The number of aliphatic hydroxyl groups is 1. The number of anilines is 1. The van der Waals surface area contributed by atoms with E-state index >= 15 is 0 Å². The van der Waals surface area contributed by atoms with Crippen LogP contribution in [0.3, 0.4) is 0 Å². The van der Waals surface area contributed by atoms with Gasteiger partial charge in [-0.3, -0.25) is 14.5 Å². The Morgan fingerprint density at radius 3 is 2.28 bits per heavy atom. The average molecular weight is 393 g/mol. The maximum Gasteiger partial charge on any atom is 0.294 e. The minimum atomic E-state index is -0.674. The second-order valence-electron chi connectivity index (χ2n) is 7.70. The number of benzene rings is 2. The van der Waals surface area contributed by atoms with Crippen molar-refractivity contribution in [3.05, 3.63) is 71.0 Å². The fourth-order valence-corrected chi connectivity index (χ4v) is 3.57. The van der Waals surface area contributed by atoms with Gasteiger partial charge in [0.1, 0.15) is 5.75 Å². The zero-order valence-electron chi connectivity index (χ0n) is 17.3. The van der Waals surface area contributed by atoms with Crippen molar-refractivity contribution in [3.63, 3.8) is 0 Å². The van der Waals surface area contributed by atoms with Gasteiger partial charge < -0.3 is 9.84 Å². The maximum atomic E-state index is 13.0. The van der Waals surface area contributed by atoms with E-state index in [1.165, 1.54) is 4.90 Å². The number of ketones is 1. The number of ether oxygens (including phenoxy) is 1. The largest absolute Gasteiger partial charge is 0.503 e. The Kier molecular flexibility index (Phi) is 6.06. The van der Waals surface area contributed by atoms with Crippen LogP contribution in [0.15, 0.2) is 59.9 Å². The van der Waals surface area contributed by atoms with Crippen LogP contribution in [-0.2, 0) is 9.59 Å². The lowest BCUT2D eigenvalue weighted by atomic mass is 9.92. The van der Waals surface area contributed by atoms with Gasteiger partial charge in [0, 0.05) is 12.1 Å². The van der Waals surface area contributed by atoms with E-state index in [1.54, 1.807) is 0 Å². The summed E-state index contributed by atoms with van der Waals surface area (Å²) in [5, 5.41) is 10.6. The highest BCUT2D eigenvalue weighted by Crippen LogP contribution is 2.42. The Hall–Kier alpha value is -3.08. The highest BCUT2D eigenvalue weighted by Gasteiger charge is 2.44. The van der Waals surface area contributed by atoms with E-state index in [1.807, 2.05) is 76.2 Å². The van der Waals surface area contributed by atoms with Gasteiger partial charge in [-0.2, -0.15) is 0 Å². The molecule has 29 heavy (non-hydrogen) atoms. The van der Waals surface area contributed by atoms with E-state index in [0.717, 1.165) is 11.1 Å². The Morgan fingerprint density at radius 2 is 1.72 bits per heavy atom. The smallest absolute Gasteiger partial charge is 0.294 e. The maximum absolute atomic E-state index is 13.0. The predicted molar refractivity (Wildman–Crippen MR) is 113 cm³/mol. The summed E-state index contributed by atoms with van der Waals surface area (Å²) < 4.78 is 5.51. The molecule has 0 saturated heterocycles. The summed E-state index contributed by atoms with van der Waals surface area (Å²) in [5.41, 5.74) is 2.61. The van der Waals surface area contributed by atoms with Crippen molar-refractivity contribution in [1.82, 2.24) is 0 Å². The lowest BCUT2D eigenvalue weighted by molar-refractivity contribution is -0.118. The van der Waals surface area contributed by atoms with Gasteiger partial charge in [0.05, 0.1) is 18.2 Å². The first-order valence-corrected chi connectivity index (χ1v) is 9.92. The lowest BCUT2D eigenvalue weighted by Gasteiger charge is -2.27. The molecule has 0 aromatic heterocycles. The highest BCUT2D eigenvalue weighted by atomic mass is 16.5. The molecule has 2 aromatic rings. The second kappa shape index (κ2) is 8.52. The monoisotopic (exact) mass is 393 g/mol. The molecule has 0 spiro atoms. The quantitative estimate of drug-likeness (QED) is 0.726. The molecule has 0 bridgehead atoms. The molecule has 1 aliphatic rings. The van der Waals surface area contributed by atoms with Gasteiger partial charge in [-0.15, -0.1) is 0 Å². The van der Waals surface area contributed by atoms with Crippen LogP contribution in [0.4, 0.5) is 5.69 Å². The normalized spacial score (nSPS) is 16.7. The van der Waals surface area contributed by atoms with Gasteiger partial charge in [-0.1, -0.05) is 43.7 Å². The molecule has 5 nitrogen and oxygen atoms in total. The highest BCUT2D eigenvalue weighted by molar-refractivity contribution is 6.16. The molecule has 0 saturated carbocycles. The molecule has 5 heteroatoms. The van der Waals surface area contributed by atoms with Crippen LogP contribution >= 0.6 is 0 Å². The van der Waals surface area contributed by atoms with Crippen molar-refractivity contribution in [1.29, 1.82) is 0 Å². The summed E-state index contributed by atoms with van der Waals surface area (Å²) in [6, 6.07) is 14.1. The second-order valence-corrected chi connectivity index (χ2v) is 7.70. The predicted octanol–water partition coefficient (Wildman–Crippen LogP) is 4.91. The summed E-state index contributed by atoms with van der Waals surface area (Å²) >= 11 is 0. The zero-order chi connectivity index (χ0) is 21.1. The third-order valence-corrected chi connectivity index (χ3v) is 4.92. The first kappa shape index (κ1) is 20.6. The summed E-state index contributed by atoms with van der Waals surface area (Å²) in [6.07, 6.45) is 0.266. The SMILES string of the molecule is CCOc1ccc(C2C(C(=O)CC(C)C)=C(O)C(=O)N2c2ccc(C)cc2)cc1. The molecule has 3 rings (SSSR count). The minimum absolute atomic E-state index is 0.118. The van der Waals surface area contributed by atoms with Crippen LogP contribution in [-0.4, -0.2) is 23.4 Å². The van der Waals surface area contributed by atoms with E-state index < -0.39 is 17.7 Å². The van der Waals surface area contributed by atoms with Gasteiger partial charge in [0.2, 0.25) is 0 Å². The van der Waals surface area contributed by atoms with E-state index in [-0.39, 0.29) is 23.7 Å². The molecule has 1 N–H and O–H groups in total. The number of aliphatic hydroxyl groups excluding tert-OH is 1. The van der Waals surface area contributed by atoms with Crippen molar-refractivity contribution in [2.75, 3.05) is 11.5 Å². The standard InChI is InChI=1S/C24H27NO4/c1-5-29-19-12-8-17(9-13-19)22-21(20(26)14-15(2)3)23(27)24(28)25(22)18-10-6-16(4)7-11-18/h6-13,15,22,27H,5,14H2,1-4H3. The Morgan fingerprint density at radius 1 is 1.10 bits per heavy atom. The third-order valence-electron chi connectivity index (χ3n) is 4.92. The lowest BCUT2D eigenvalue weighted by Crippen LogP contribution is -2.31. The van der Waals surface area contributed by atoms with Crippen LogP contribution < -0.4 is 9.64 Å². The topological polar surface area (TPSA) is 66.8 Å².